The number of carboxylic acids is 1. The number of pyridine rings is 1. The zero-order valence-electron chi connectivity index (χ0n) is 9.50. The summed E-state index contributed by atoms with van der Waals surface area (Å²) in [7, 11) is 0. The van der Waals surface area contributed by atoms with Gasteiger partial charge >= 0.3 is 5.97 Å². The lowest BCUT2D eigenvalue weighted by Gasteiger charge is -2.10. The predicted molar refractivity (Wildman–Crippen MR) is 65.1 cm³/mol. The molecule has 0 aliphatic rings. The Bertz CT molecular complexity index is 570. The number of aryl methyl sites for hydroxylation is 1. The van der Waals surface area contributed by atoms with E-state index in [1.807, 2.05) is 0 Å². The largest absolute Gasteiger partial charge is 0.481 e. The second-order valence-electron chi connectivity index (χ2n) is 3.75. The van der Waals surface area contributed by atoms with Crippen LogP contribution in [0.15, 0.2) is 27.3 Å². The molecule has 0 radical (unpaired) electrons. The molecule has 6 nitrogen and oxygen atoms in total. The predicted octanol–water partition coefficient (Wildman–Crippen LogP) is 2.14. The maximum Gasteiger partial charge on any atom is 0.304 e. The number of carboxylic acid groups (broad SMARTS) is 1. The number of halogens is 1. The Morgan fingerprint density at radius 3 is 2.83 bits per heavy atom. The molecule has 0 amide bonds. The second kappa shape index (κ2) is 5.26. The van der Waals surface area contributed by atoms with Crippen molar-refractivity contribution in [3.8, 4) is 0 Å². The highest BCUT2D eigenvalue weighted by atomic mass is 79.9. The van der Waals surface area contributed by atoms with Crippen molar-refractivity contribution in [1.82, 2.24) is 15.2 Å². The highest BCUT2D eigenvalue weighted by Crippen LogP contribution is 2.28. The van der Waals surface area contributed by atoms with Crippen LogP contribution in [0.5, 0.6) is 0 Å². The molecule has 1 N–H and O–H groups in total. The average Bonchev–Trinajstić information content (AvgIpc) is 2.72. The molecule has 0 bridgehead atoms. The highest BCUT2D eigenvalue weighted by Gasteiger charge is 2.23. The van der Waals surface area contributed by atoms with Crippen molar-refractivity contribution in [2.75, 3.05) is 0 Å². The van der Waals surface area contributed by atoms with Gasteiger partial charge in [-0.2, -0.15) is 0 Å². The molecule has 0 fully saturated rings. The van der Waals surface area contributed by atoms with Gasteiger partial charge in [-0.3, -0.25) is 9.78 Å². The monoisotopic (exact) mass is 311 g/mol. The summed E-state index contributed by atoms with van der Waals surface area (Å²) < 4.78 is 6.08. The molecular weight excluding hydrogens is 302 g/mol. The number of rotatable bonds is 4. The van der Waals surface area contributed by atoms with E-state index in [9.17, 15) is 4.79 Å². The Balaban J connectivity index is 2.39. The summed E-state index contributed by atoms with van der Waals surface area (Å²) in [6.07, 6.45) is 3.10. The Morgan fingerprint density at radius 2 is 2.28 bits per heavy atom. The van der Waals surface area contributed by atoms with E-state index in [-0.39, 0.29) is 12.3 Å². The van der Waals surface area contributed by atoms with Crippen LogP contribution in [0.25, 0.3) is 0 Å². The van der Waals surface area contributed by atoms with E-state index in [0.717, 1.165) is 10.0 Å². The lowest BCUT2D eigenvalue weighted by molar-refractivity contribution is -0.137. The minimum absolute atomic E-state index is 0.125. The molecule has 2 heterocycles. The topological polar surface area (TPSA) is 89.1 Å². The first kappa shape index (κ1) is 12.7. The van der Waals surface area contributed by atoms with Gasteiger partial charge in [0.1, 0.15) is 0 Å². The summed E-state index contributed by atoms with van der Waals surface area (Å²) in [5, 5.41) is 16.6. The van der Waals surface area contributed by atoms with E-state index < -0.39 is 11.9 Å². The maximum absolute atomic E-state index is 10.9. The summed E-state index contributed by atoms with van der Waals surface area (Å²) in [6.45, 7) is 1.66. The molecule has 0 aliphatic carbocycles. The fourth-order valence-electron chi connectivity index (χ4n) is 1.59. The quantitative estimate of drug-likeness (QED) is 0.930. The van der Waals surface area contributed by atoms with Crippen LogP contribution >= 0.6 is 15.9 Å². The Morgan fingerprint density at radius 1 is 1.50 bits per heavy atom. The molecule has 2 aromatic heterocycles. The minimum Gasteiger partial charge on any atom is -0.481 e. The average molecular weight is 312 g/mol. The van der Waals surface area contributed by atoms with Gasteiger partial charge in [0.15, 0.2) is 0 Å². The van der Waals surface area contributed by atoms with Crippen LogP contribution in [0.4, 0.5) is 0 Å². The van der Waals surface area contributed by atoms with E-state index >= 15 is 0 Å². The van der Waals surface area contributed by atoms with Gasteiger partial charge in [-0.25, -0.2) is 0 Å². The van der Waals surface area contributed by atoms with Crippen molar-refractivity contribution in [2.24, 2.45) is 0 Å². The van der Waals surface area contributed by atoms with Gasteiger partial charge in [0.25, 0.3) is 0 Å². The number of carbonyl (C=O) groups is 1. The highest BCUT2D eigenvalue weighted by molar-refractivity contribution is 9.10. The van der Waals surface area contributed by atoms with Crippen LogP contribution in [0.2, 0.25) is 0 Å². The van der Waals surface area contributed by atoms with Gasteiger partial charge in [-0.15, -0.1) is 10.2 Å². The lowest BCUT2D eigenvalue weighted by Crippen LogP contribution is -2.09. The lowest BCUT2D eigenvalue weighted by atomic mass is 9.97. The first-order valence-corrected chi connectivity index (χ1v) is 5.98. The summed E-state index contributed by atoms with van der Waals surface area (Å²) in [5.74, 6) is -0.734. The minimum atomic E-state index is -0.934. The molecule has 0 saturated heterocycles. The first-order valence-electron chi connectivity index (χ1n) is 5.18. The van der Waals surface area contributed by atoms with E-state index in [4.69, 9.17) is 9.52 Å². The maximum atomic E-state index is 10.9. The molecule has 1 unspecified atom stereocenters. The van der Waals surface area contributed by atoms with Gasteiger partial charge in [0, 0.05) is 23.8 Å². The second-order valence-corrected chi connectivity index (χ2v) is 4.66. The van der Waals surface area contributed by atoms with Crippen LogP contribution in [0.1, 0.15) is 29.7 Å². The molecule has 2 rings (SSSR count). The zero-order chi connectivity index (χ0) is 13.1. The molecule has 7 heteroatoms. The van der Waals surface area contributed by atoms with Gasteiger partial charge < -0.3 is 9.52 Å². The molecule has 0 aromatic carbocycles. The van der Waals surface area contributed by atoms with Crippen LogP contribution in [-0.4, -0.2) is 26.3 Å². The smallest absolute Gasteiger partial charge is 0.304 e. The van der Waals surface area contributed by atoms with Crippen molar-refractivity contribution in [1.29, 1.82) is 0 Å². The summed E-state index contributed by atoms with van der Waals surface area (Å²) >= 11 is 3.30. The van der Waals surface area contributed by atoms with Crippen molar-refractivity contribution in [3.05, 3.63) is 40.3 Å². The number of nitrogens with zero attached hydrogens (tertiary/aromatic N) is 3. The van der Waals surface area contributed by atoms with Gasteiger partial charge in [0.05, 0.1) is 12.3 Å². The normalized spacial score (nSPS) is 12.3. The van der Waals surface area contributed by atoms with Crippen molar-refractivity contribution in [3.63, 3.8) is 0 Å². The van der Waals surface area contributed by atoms with Crippen LogP contribution in [-0.2, 0) is 4.79 Å². The Hall–Kier alpha value is -1.76. The van der Waals surface area contributed by atoms with Gasteiger partial charge in [-0.1, -0.05) is 0 Å². The molecule has 2 aromatic rings. The molecule has 1 atom stereocenters. The van der Waals surface area contributed by atoms with E-state index in [2.05, 4.69) is 31.1 Å². The number of aromatic nitrogens is 3. The zero-order valence-corrected chi connectivity index (χ0v) is 11.1. The fourth-order valence-corrected chi connectivity index (χ4v) is 1.98. The first-order chi connectivity index (χ1) is 8.56. The molecular formula is C11H10BrN3O3. The number of hydrogen-bond donors (Lipinski definition) is 1. The van der Waals surface area contributed by atoms with Crippen LogP contribution in [0, 0.1) is 6.92 Å². The number of aliphatic carboxylic acids is 1. The number of hydrogen-bond acceptors (Lipinski definition) is 5. The Kier molecular flexibility index (Phi) is 3.71. The van der Waals surface area contributed by atoms with Crippen molar-refractivity contribution in [2.45, 2.75) is 19.3 Å². The molecule has 0 aliphatic heterocycles. The van der Waals surface area contributed by atoms with Gasteiger partial charge in [0.2, 0.25) is 11.8 Å². The fraction of sp³-hybridized carbons (Fsp3) is 0.273. The SMILES string of the molecule is Cc1nnc(C(CC(=O)O)c2cncc(Br)c2)o1. The van der Waals surface area contributed by atoms with E-state index in [1.54, 1.807) is 25.4 Å². The van der Waals surface area contributed by atoms with Crippen molar-refractivity contribution >= 4 is 21.9 Å². The Labute approximate surface area is 111 Å². The third-order valence-electron chi connectivity index (χ3n) is 2.35. The third kappa shape index (κ3) is 2.92. The standard InChI is InChI=1S/C11H10BrN3O3/c1-6-14-15-11(18-6)9(3-10(16)17)7-2-8(12)5-13-4-7/h2,4-5,9H,3H2,1H3,(H,16,17). The van der Waals surface area contributed by atoms with Crippen molar-refractivity contribution < 1.29 is 14.3 Å². The van der Waals surface area contributed by atoms with Crippen LogP contribution in [0.3, 0.4) is 0 Å². The summed E-state index contributed by atoms with van der Waals surface area (Å²) in [5.41, 5.74) is 0.718. The molecule has 0 saturated carbocycles. The summed E-state index contributed by atoms with van der Waals surface area (Å²) in [4.78, 5) is 14.9. The molecule has 94 valence electrons. The van der Waals surface area contributed by atoms with E-state index in [1.165, 1.54) is 0 Å². The van der Waals surface area contributed by atoms with Gasteiger partial charge in [-0.05, 0) is 27.6 Å². The summed E-state index contributed by atoms with van der Waals surface area (Å²) in [6, 6.07) is 1.79. The molecule has 18 heavy (non-hydrogen) atoms. The third-order valence-corrected chi connectivity index (χ3v) is 2.78. The van der Waals surface area contributed by atoms with E-state index in [0.29, 0.717) is 5.89 Å². The van der Waals surface area contributed by atoms with Crippen LogP contribution < -0.4 is 0 Å². The molecule has 0 spiro atoms.